The van der Waals surface area contributed by atoms with E-state index >= 15 is 0 Å². The van der Waals surface area contributed by atoms with Gasteiger partial charge in [-0.1, -0.05) is 6.42 Å². The summed E-state index contributed by atoms with van der Waals surface area (Å²) < 4.78 is 0. The molecule has 2 atom stereocenters. The lowest BCUT2D eigenvalue weighted by atomic mass is 10.2. The van der Waals surface area contributed by atoms with Gasteiger partial charge in [0.15, 0.2) is 0 Å². The Morgan fingerprint density at radius 1 is 1.14 bits per heavy atom. The van der Waals surface area contributed by atoms with Crippen molar-refractivity contribution in [2.24, 2.45) is 17.6 Å². The summed E-state index contributed by atoms with van der Waals surface area (Å²) in [5.74, 6) is 1.92. The molecule has 1 heteroatoms. The molecule has 0 bridgehead atoms. The zero-order valence-electron chi connectivity index (χ0n) is 4.43. The molecule has 0 radical (unpaired) electrons. The molecule has 2 aliphatic rings. The molecular formula is C6H11N. The first-order chi connectivity index (χ1) is 3.39. The molecule has 0 aliphatic heterocycles. The van der Waals surface area contributed by atoms with Crippen LogP contribution in [0.5, 0.6) is 0 Å². The Hall–Kier alpha value is -0.0400. The molecule has 2 unspecified atom stereocenters. The molecule has 1 nitrogen and oxygen atoms in total. The molecule has 0 aromatic rings. The normalized spacial score (nSPS) is 57.0. The predicted octanol–water partition coefficient (Wildman–Crippen LogP) is 0.744. The van der Waals surface area contributed by atoms with E-state index in [-0.39, 0.29) is 0 Å². The Balaban J connectivity index is 2.06. The molecular weight excluding hydrogens is 86.1 g/mol. The maximum absolute atomic E-state index is 5.67. The van der Waals surface area contributed by atoms with E-state index in [2.05, 4.69) is 0 Å². The first kappa shape index (κ1) is 3.90. The number of nitrogens with two attached hydrogens (primary N) is 1. The Bertz CT molecular complexity index is 80.2. The summed E-state index contributed by atoms with van der Waals surface area (Å²) >= 11 is 0. The van der Waals surface area contributed by atoms with Crippen LogP contribution in [0.3, 0.4) is 0 Å². The Morgan fingerprint density at radius 3 is 2.00 bits per heavy atom. The number of rotatable bonds is 0. The van der Waals surface area contributed by atoms with Crippen LogP contribution in [0.25, 0.3) is 0 Å². The van der Waals surface area contributed by atoms with Crippen LogP contribution in [-0.4, -0.2) is 6.04 Å². The molecule has 7 heavy (non-hydrogen) atoms. The Kier molecular flexibility index (Phi) is 0.571. The minimum Gasteiger partial charge on any atom is -0.327 e. The van der Waals surface area contributed by atoms with Crippen LogP contribution in [0, 0.1) is 11.8 Å². The lowest BCUT2D eigenvalue weighted by Crippen LogP contribution is -2.05. The van der Waals surface area contributed by atoms with Crippen LogP contribution < -0.4 is 5.73 Å². The fourth-order valence-electron chi connectivity index (χ4n) is 1.88. The summed E-state index contributed by atoms with van der Waals surface area (Å²) in [5, 5.41) is 0. The predicted molar refractivity (Wildman–Crippen MR) is 28.8 cm³/mol. The van der Waals surface area contributed by atoms with Crippen molar-refractivity contribution in [1.29, 1.82) is 0 Å². The maximum Gasteiger partial charge on any atom is 0.0102 e. The highest BCUT2D eigenvalue weighted by Crippen LogP contribution is 2.50. The minimum atomic E-state index is 0.619. The third-order valence-electron chi connectivity index (χ3n) is 2.47. The zero-order chi connectivity index (χ0) is 4.85. The van der Waals surface area contributed by atoms with Crippen LogP contribution in [0.1, 0.15) is 19.3 Å². The summed E-state index contributed by atoms with van der Waals surface area (Å²) in [6.07, 6.45) is 4.29. The highest BCUT2D eigenvalue weighted by atomic mass is 14.8. The van der Waals surface area contributed by atoms with E-state index in [1.54, 1.807) is 0 Å². The molecule has 0 saturated heterocycles. The van der Waals surface area contributed by atoms with Gasteiger partial charge in [0.05, 0.1) is 0 Å². The molecule has 0 spiro atoms. The largest absolute Gasteiger partial charge is 0.327 e. The number of hydrogen-bond acceptors (Lipinski definition) is 1. The molecule has 2 fully saturated rings. The zero-order valence-corrected chi connectivity index (χ0v) is 4.43. The summed E-state index contributed by atoms with van der Waals surface area (Å²) in [4.78, 5) is 0. The van der Waals surface area contributed by atoms with Gasteiger partial charge in [0.25, 0.3) is 0 Å². The van der Waals surface area contributed by atoms with Crippen LogP contribution in [0.15, 0.2) is 0 Å². The van der Waals surface area contributed by atoms with Crippen molar-refractivity contribution in [3.63, 3.8) is 0 Å². The van der Waals surface area contributed by atoms with Crippen molar-refractivity contribution in [2.45, 2.75) is 25.3 Å². The molecule has 2 aliphatic carbocycles. The van der Waals surface area contributed by atoms with Crippen molar-refractivity contribution in [2.75, 3.05) is 0 Å². The van der Waals surface area contributed by atoms with Gasteiger partial charge in [0.1, 0.15) is 0 Å². The number of fused-ring (bicyclic) bond motifs is 1. The monoisotopic (exact) mass is 97.1 g/mol. The molecule has 0 aromatic heterocycles. The van der Waals surface area contributed by atoms with Gasteiger partial charge in [-0.3, -0.25) is 0 Å². The molecule has 0 amide bonds. The second-order valence-corrected chi connectivity index (χ2v) is 2.84. The van der Waals surface area contributed by atoms with Crippen LogP contribution >= 0.6 is 0 Å². The summed E-state index contributed by atoms with van der Waals surface area (Å²) in [5.41, 5.74) is 5.67. The molecule has 2 saturated carbocycles. The lowest BCUT2D eigenvalue weighted by Gasteiger charge is -1.90. The highest BCUT2D eigenvalue weighted by molar-refractivity contribution is 5.04. The van der Waals surface area contributed by atoms with E-state index < -0.39 is 0 Å². The van der Waals surface area contributed by atoms with Gasteiger partial charge in [-0.05, 0) is 24.7 Å². The standard InChI is InChI=1S/C6H11N/c7-6-4-2-1-3-5(4)6/h4-6H,1-3,7H2. The van der Waals surface area contributed by atoms with Crippen molar-refractivity contribution >= 4 is 0 Å². The van der Waals surface area contributed by atoms with E-state index in [1.165, 1.54) is 19.3 Å². The maximum atomic E-state index is 5.67. The average molecular weight is 97.2 g/mol. The van der Waals surface area contributed by atoms with Crippen molar-refractivity contribution in [3.8, 4) is 0 Å². The summed E-state index contributed by atoms with van der Waals surface area (Å²) in [6, 6.07) is 0.619. The minimum absolute atomic E-state index is 0.619. The van der Waals surface area contributed by atoms with E-state index in [0.29, 0.717) is 6.04 Å². The highest BCUT2D eigenvalue weighted by Gasteiger charge is 2.49. The third-order valence-corrected chi connectivity index (χ3v) is 2.47. The van der Waals surface area contributed by atoms with Gasteiger partial charge >= 0.3 is 0 Å². The van der Waals surface area contributed by atoms with E-state index in [9.17, 15) is 0 Å². The molecule has 0 aromatic carbocycles. The molecule has 2 rings (SSSR count). The first-order valence-electron chi connectivity index (χ1n) is 3.15. The second kappa shape index (κ2) is 1.03. The molecule has 2 N–H and O–H groups in total. The van der Waals surface area contributed by atoms with E-state index in [0.717, 1.165) is 11.8 Å². The average Bonchev–Trinajstić information content (AvgIpc) is 2.26. The Morgan fingerprint density at radius 2 is 1.71 bits per heavy atom. The van der Waals surface area contributed by atoms with Crippen molar-refractivity contribution in [1.82, 2.24) is 0 Å². The van der Waals surface area contributed by atoms with Crippen molar-refractivity contribution in [3.05, 3.63) is 0 Å². The van der Waals surface area contributed by atoms with Crippen LogP contribution in [0.2, 0.25) is 0 Å². The van der Waals surface area contributed by atoms with Crippen LogP contribution in [-0.2, 0) is 0 Å². The fourth-order valence-corrected chi connectivity index (χ4v) is 1.88. The van der Waals surface area contributed by atoms with Gasteiger partial charge in [-0.2, -0.15) is 0 Å². The van der Waals surface area contributed by atoms with Gasteiger partial charge < -0.3 is 5.73 Å². The lowest BCUT2D eigenvalue weighted by molar-refractivity contribution is 0.674. The van der Waals surface area contributed by atoms with Gasteiger partial charge in [0.2, 0.25) is 0 Å². The van der Waals surface area contributed by atoms with E-state index in [1.807, 2.05) is 0 Å². The first-order valence-corrected chi connectivity index (χ1v) is 3.15. The number of hydrogen-bond donors (Lipinski definition) is 1. The topological polar surface area (TPSA) is 26.0 Å². The Labute approximate surface area is 43.9 Å². The quantitative estimate of drug-likeness (QED) is 0.474. The van der Waals surface area contributed by atoms with Crippen molar-refractivity contribution < 1.29 is 0 Å². The molecule has 0 heterocycles. The fraction of sp³-hybridized carbons (Fsp3) is 1.00. The third kappa shape index (κ3) is 0.367. The van der Waals surface area contributed by atoms with Gasteiger partial charge in [-0.25, -0.2) is 0 Å². The smallest absolute Gasteiger partial charge is 0.0102 e. The SMILES string of the molecule is NC1C2CCCC12. The second-order valence-electron chi connectivity index (χ2n) is 2.84. The summed E-state index contributed by atoms with van der Waals surface area (Å²) in [6.45, 7) is 0. The summed E-state index contributed by atoms with van der Waals surface area (Å²) in [7, 11) is 0. The van der Waals surface area contributed by atoms with Crippen LogP contribution in [0.4, 0.5) is 0 Å². The van der Waals surface area contributed by atoms with Gasteiger partial charge in [-0.15, -0.1) is 0 Å². The van der Waals surface area contributed by atoms with E-state index in [4.69, 9.17) is 5.73 Å². The molecule has 40 valence electrons. The van der Waals surface area contributed by atoms with Gasteiger partial charge in [0, 0.05) is 6.04 Å².